The van der Waals surface area contributed by atoms with Gasteiger partial charge in [-0.2, -0.15) is 0 Å². The van der Waals surface area contributed by atoms with Gasteiger partial charge in [0.05, 0.1) is 28.2 Å². The lowest BCUT2D eigenvalue weighted by molar-refractivity contribution is -0.120. The molecule has 3 aromatic rings. The minimum absolute atomic E-state index is 0.0822. The van der Waals surface area contributed by atoms with E-state index in [0.29, 0.717) is 0 Å². The van der Waals surface area contributed by atoms with Crippen LogP contribution in [0.1, 0.15) is 12.2 Å². The number of nitrogens with zero attached hydrogens (tertiary/aromatic N) is 2. The molecule has 1 N–H and O–H groups in total. The lowest BCUT2D eigenvalue weighted by atomic mass is 10.3. The van der Waals surface area contributed by atoms with E-state index < -0.39 is 9.84 Å². The molecular formula is C18H19N3O3S. The smallest absolute Gasteiger partial charge is 0.221 e. The van der Waals surface area contributed by atoms with Crippen molar-refractivity contribution in [3.63, 3.8) is 0 Å². The van der Waals surface area contributed by atoms with Crippen LogP contribution in [0.3, 0.4) is 0 Å². The number of carbonyl (C=O) groups is 1. The Morgan fingerprint density at radius 3 is 2.48 bits per heavy atom. The SMILES string of the molecule is Cn1c(CNC(=O)CCS(=O)(=O)c2ccccc2)nc2ccccc21. The topological polar surface area (TPSA) is 81.1 Å². The van der Waals surface area contributed by atoms with Gasteiger partial charge in [-0.1, -0.05) is 30.3 Å². The number of rotatable bonds is 6. The first-order valence-corrected chi connectivity index (χ1v) is 9.57. The first-order valence-electron chi connectivity index (χ1n) is 7.92. The molecule has 1 heterocycles. The Balaban J connectivity index is 1.59. The van der Waals surface area contributed by atoms with Crippen LogP contribution in [0.25, 0.3) is 11.0 Å². The first kappa shape index (κ1) is 17.2. The summed E-state index contributed by atoms with van der Waals surface area (Å²) in [7, 11) is -1.56. The fraction of sp³-hybridized carbons (Fsp3) is 0.222. The maximum atomic E-state index is 12.2. The molecule has 1 aromatic heterocycles. The normalized spacial score (nSPS) is 11.6. The second-order valence-electron chi connectivity index (χ2n) is 5.73. The van der Waals surface area contributed by atoms with E-state index in [9.17, 15) is 13.2 Å². The Hall–Kier alpha value is -2.67. The highest BCUT2D eigenvalue weighted by molar-refractivity contribution is 7.91. The molecule has 3 rings (SSSR count). The molecule has 0 aliphatic carbocycles. The molecule has 0 saturated carbocycles. The summed E-state index contributed by atoms with van der Waals surface area (Å²) in [6.45, 7) is 0.259. The molecule has 2 aromatic carbocycles. The molecule has 130 valence electrons. The molecule has 0 unspecified atom stereocenters. The lowest BCUT2D eigenvalue weighted by Gasteiger charge is -2.07. The summed E-state index contributed by atoms with van der Waals surface area (Å²) in [5, 5.41) is 2.74. The number of nitrogens with one attached hydrogen (secondary N) is 1. The van der Waals surface area contributed by atoms with Crippen molar-refractivity contribution >= 4 is 26.8 Å². The highest BCUT2D eigenvalue weighted by Gasteiger charge is 2.16. The number of imidazole rings is 1. The van der Waals surface area contributed by atoms with Gasteiger partial charge in [-0.05, 0) is 24.3 Å². The van der Waals surface area contributed by atoms with Gasteiger partial charge in [-0.25, -0.2) is 13.4 Å². The van der Waals surface area contributed by atoms with Crippen LogP contribution in [0.5, 0.6) is 0 Å². The number of para-hydroxylation sites is 2. The third-order valence-electron chi connectivity index (χ3n) is 4.02. The fourth-order valence-electron chi connectivity index (χ4n) is 2.59. The lowest BCUT2D eigenvalue weighted by Crippen LogP contribution is -2.26. The van der Waals surface area contributed by atoms with Crippen molar-refractivity contribution in [2.24, 2.45) is 7.05 Å². The number of hydrogen-bond donors (Lipinski definition) is 1. The van der Waals surface area contributed by atoms with E-state index in [0.717, 1.165) is 16.9 Å². The van der Waals surface area contributed by atoms with E-state index in [4.69, 9.17) is 0 Å². The average Bonchev–Trinajstić information content (AvgIpc) is 2.95. The second-order valence-corrected chi connectivity index (χ2v) is 7.84. The van der Waals surface area contributed by atoms with Crippen molar-refractivity contribution in [3.8, 4) is 0 Å². The third kappa shape index (κ3) is 3.88. The van der Waals surface area contributed by atoms with Crippen LogP contribution in [0.4, 0.5) is 0 Å². The predicted octanol–water partition coefficient (Wildman–Crippen LogP) is 2.05. The van der Waals surface area contributed by atoms with Crippen LogP contribution < -0.4 is 5.32 Å². The van der Waals surface area contributed by atoms with Gasteiger partial charge in [0.2, 0.25) is 5.91 Å². The molecule has 0 aliphatic heterocycles. The van der Waals surface area contributed by atoms with Gasteiger partial charge in [-0.15, -0.1) is 0 Å². The Morgan fingerprint density at radius 1 is 1.08 bits per heavy atom. The van der Waals surface area contributed by atoms with Gasteiger partial charge in [0.25, 0.3) is 0 Å². The predicted molar refractivity (Wildman–Crippen MR) is 95.7 cm³/mol. The molecule has 7 heteroatoms. The Labute approximate surface area is 146 Å². The number of benzene rings is 2. The van der Waals surface area contributed by atoms with Crippen molar-refractivity contribution in [2.75, 3.05) is 5.75 Å². The van der Waals surface area contributed by atoms with E-state index in [2.05, 4.69) is 10.3 Å². The van der Waals surface area contributed by atoms with Gasteiger partial charge in [-0.3, -0.25) is 4.79 Å². The molecule has 0 radical (unpaired) electrons. The Kier molecular flexibility index (Phi) is 4.85. The molecule has 0 saturated heterocycles. The number of aryl methyl sites for hydroxylation is 1. The fourth-order valence-corrected chi connectivity index (χ4v) is 3.85. The van der Waals surface area contributed by atoms with Gasteiger partial charge < -0.3 is 9.88 Å². The maximum Gasteiger partial charge on any atom is 0.221 e. The molecule has 6 nitrogen and oxygen atoms in total. The van der Waals surface area contributed by atoms with Crippen molar-refractivity contribution in [1.82, 2.24) is 14.9 Å². The van der Waals surface area contributed by atoms with Crippen LogP contribution in [-0.2, 0) is 28.2 Å². The largest absolute Gasteiger partial charge is 0.349 e. The van der Waals surface area contributed by atoms with E-state index in [1.54, 1.807) is 18.2 Å². The van der Waals surface area contributed by atoms with Crippen molar-refractivity contribution < 1.29 is 13.2 Å². The molecule has 0 aliphatic rings. The Bertz CT molecular complexity index is 995. The van der Waals surface area contributed by atoms with Gasteiger partial charge in [0.15, 0.2) is 9.84 Å². The zero-order valence-corrected chi connectivity index (χ0v) is 14.7. The van der Waals surface area contributed by atoms with Crippen molar-refractivity contribution in [2.45, 2.75) is 17.9 Å². The summed E-state index contributed by atoms with van der Waals surface area (Å²) in [6.07, 6.45) is -0.0822. The van der Waals surface area contributed by atoms with E-state index in [1.807, 2.05) is 35.9 Å². The zero-order valence-electron chi connectivity index (χ0n) is 13.8. The molecule has 1 amide bonds. The summed E-state index contributed by atoms with van der Waals surface area (Å²) in [4.78, 5) is 16.7. The molecule has 0 atom stereocenters. The van der Waals surface area contributed by atoms with E-state index in [-0.39, 0.29) is 29.5 Å². The van der Waals surface area contributed by atoms with Crippen molar-refractivity contribution in [1.29, 1.82) is 0 Å². The summed E-state index contributed by atoms with van der Waals surface area (Å²) in [5.74, 6) is 0.192. The van der Waals surface area contributed by atoms with Crippen LogP contribution >= 0.6 is 0 Å². The first-order chi connectivity index (χ1) is 12.0. The average molecular weight is 357 g/mol. The molecule has 0 bridgehead atoms. The third-order valence-corrected chi connectivity index (χ3v) is 5.76. The molecule has 25 heavy (non-hydrogen) atoms. The number of fused-ring (bicyclic) bond motifs is 1. The highest BCUT2D eigenvalue weighted by Crippen LogP contribution is 2.14. The van der Waals surface area contributed by atoms with Crippen LogP contribution in [0, 0.1) is 0 Å². The number of amides is 1. The molecule has 0 fully saturated rings. The summed E-state index contributed by atoms with van der Waals surface area (Å²) >= 11 is 0. The monoisotopic (exact) mass is 357 g/mol. The Morgan fingerprint density at radius 2 is 1.76 bits per heavy atom. The second kappa shape index (κ2) is 7.06. The van der Waals surface area contributed by atoms with Gasteiger partial charge in [0, 0.05) is 13.5 Å². The quantitative estimate of drug-likeness (QED) is 0.732. The van der Waals surface area contributed by atoms with Crippen LogP contribution in [0.15, 0.2) is 59.5 Å². The number of sulfone groups is 1. The zero-order chi connectivity index (χ0) is 17.9. The minimum Gasteiger partial charge on any atom is -0.349 e. The number of carbonyl (C=O) groups excluding carboxylic acids is 1. The summed E-state index contributed by atoms with van der Waals surface area (Å²) in [6, 6.07) is 15.9. The van der Waals surface area contributed by atoms with Gasteiger partial charge in [0.1, 0.15) is 5.82 Å². The van der Waals surface area contributed by atoms with Gasteiger partial charge >= 0.3 is 0 Å². The summed E-state index contributed by atoms with van der Waals surface area (Å²) in [5.41, 5.74) is 1.85. The molecular weight excluding hydrogens is 338 g/mol. The van der Waals surface area contributed by atoms with E-state index in [1.165, 1.54) is 12.1 Å². The standard InChI is InChI=1S/C18H19N3O3S/c1-21-16-10-6-5-9-15(16)20-17(21)13-19-18(22)11-12-25(23,24)14-7-3-2-4-8-14/h2-10H,11-13H2,1H3,(H,19,22). The minimum atomic E-state index is -3.45. The van der Waals surface area contributed by atoms with Crippen LogP contribution in [-0.4, -0.2) is 29.6 Å². The maximum absolute atomic E-state index is 12.2. The van der Waals surface area contributed by atoms with E-state index >= 15 is 0 Å². The van der Waals surface area contributed by atoms with Crippen molar-refractivity contribution in [3.05, 3.63) is 60.4 Å². The molecule has 0 spiro atoms. The highest BCUT2D eigenvalue weighted by atomic mass is 32.2. The summed E-state index contributed by atoms with van der Waals surface area (Å²) < 4.78 is 26.3. The number of hydrogen-bond acceptors (Lipinski definition) is 4. The number of aromatic nitrogens is 2. The van der Waals surface area contributed by atoms with Crippen LogP contribution in [0.2, 0.25) is 0 Å².